The molecule has 0 spiro atoms. The summed E-state index contributed by atoms with van der Waals surface area (Å²) in [5.74, 6) is 0. The number of aromatic amines is 1. The van der Waals surface area contributed by atoms with Crippen molar-refractivity contribution in [2.24, 2.45) is 0 Å². The molecule has 3 aromatic carbocycles. The van der Waals surface area contributed by atoms with E-state index < -0.39 is 0 Å². The summed E-state index contributed by atoms with van der Waals surface area (Å²) in [4.78, 5) is 18.0. The molecule has 1 aliphatic heterocycles. The number of rotatable bonds is 2. The number of carbonyl (C=O) groups is 1. The second-order valence-corrected chi connectivity index (χ2v) is 9.22. The first-order chi connectivity index (χ1) is 15.1. The van der Waals surface area contributed by atoms with E-state index in [0.717, 1.165) is 16.6 Å². The Balaban J connectivity index is 1.23. The highest BCUT2D eigenvalue weighted by Gasteiger charge is 2.24. The van der Waals surface area contributed by atoms with Crippen LogP contribution < -0.4 is 5.32 Å². The molecular weight excluding hydrogens is 426 g/mol. The molecule has 1 aliphatic rings. The van der Waals surface area contributed by atoms with E-state index in [1.807, 2.05) is 23.1 Å². The Morgan fingerprint density at radius 1 is 0.968 bits per heavy atom. The van der Waals surface area contributed by atoms with Crippen molar-refractivity contribution >= 4 is 55.6 Å². The first-order valence-corrected chi connectivity index (χ1v) is 11.3. The third kappa shape index (κ3) is 3.26. The highest BCUT2D eigenvalue weighted by atomic mass is 35.5. The van der Waals surface area contributed by atoms with Crippen LogP contribution in [0, 0.1) is 0 Å². The number of benzene rings is 3. The fraction of sp³-hybridized carbons (Fsp3) is 0.0800. The fourth-order valence-corrected chi connectivity index (χ4v) is 5.24. The van der Waals surface area contributed by atoms with Crippen LogP contribution in [0.5, 0.6) is 0 Å². The van der Waals surface area contributed by atoms with Crippen molar-refractivity contribution in [2.75, 3.05) is 5.32 Å². The van der Waals surface area contributed by atoms with Crippen LogP contribution in [0.3, 0.4) is 0 Å². The number of halogens is 1. The first-order valence-electron chi connectivity index (χ1n) is 10.1. The number of urea groups is 1. The highest BCUT2D eigenvalue weighted by Crippen LogP contribution is 2.32. The highest BCUT2D eigenvalue weighted by molar-refractivity contribution is 7.17. The van der Waals surface area contributed by atoms with E-state index >= 15 is 0 Å². The minimum absolute atomic E-state index is 0.112. The summed E-state index contributed by atoms with van der Waals surface area (Å²) >= 11 is 7.88. The molecule has 0 bridgehead atoms. The molecule has 6 heteroatoms. The molecule has 0 fully saturated rings. The SMILES string of the molecule is O=C(Nc1c[nH]c2ccc(Cl)cc12)N1Cc2ccc(-c3ccc4ccsc4c3)cc2C1. The quantitative estimate of drug-likeness (QED) is 0.296. The third-order valence-corrected chi connectivity index (χ3v) is 7.01. The molecule has 3 heterocycles. The predicted octanol–water partition coefficient (Wildman–Crippen LogP) is 7.25. The van der Waals surface area contributed by atoms with Crippen molar-refractivity contribution in [3.63, 3.8) is 0 Å². The van der Waals surface area contributed by atoms with Gasteiger partial charge in [-0.05, 0) is 69.4 Å². The molecular formula is C25H18ClN3OS. The summed E-state index contributed by atoms with van der Waals surface area (Å²) in [5.41, 5.74) is 6.46. The molecule has 0 saturated carbocycles. The molecule has 5 aromatic rings. The van der Waals surface area contributed by atoms with Gasteiger partial charge in [0.05, 0.1) is 5.69 Å². The van der Waals surface area contributed by atoms with Gasteiger partial charge in [0.2, 0.25) is 0 Å². The van der Waals surface area contributed by atoms with Crippen molar-refractivity contribution < 1.29 is 4.79 Å². The lowest BCUT2D eigenvalue weighted by atomic mass is 10.0. The van der Waals surface area contributed by atoms with Gasteiger partial charge in [0, 0.05) is 39.9 Å². The van der Waals surface area contributed by atoms with E-state index in [9.17, 15) is 4.79 Å². The maximum Gasteiger partial charge on any atom is 0.322 e. The van der Waals surface area contributed by atoms with Crippen LogP contribution in [0.1, 0.15) is 11.1 Å². The molecule has 0 saturated heterocycles. The Morgan fingerprint density at radius 3 is 2.74 bits per heavy atom. The average Bonchev–Trinajstić information content (AvgIpc) is 3.50. The fourth-order valence-electron chi connectivity index (χ4n) is 4.24. The topological polar surface area (TPSA) is 48.1 Å². The Morgan fingerprint density at radius 2 is 1.81 bits per heavy atom. The van der Waals surface area contributed by atoms with E-state index in [4.69, 9.17) is 11.6 Å². The zero-order chi connectivity index (χ0) is 20.9. The molecule has 2 aromatic heterocycles. The van der Waals surface area contributed by atoms with E-state index in [-0.39, 0.29) is 6.03 Å². The molecule has 0 radical (unpaired) electrons. The molecule has 2 N–H and O–H groups in total. The maximum atomic E-state index is 13.0. The van der Waals surface area contributed by atoms with Crippen LogP contribution in [-0.2, 0) is 13.1 Å². The Hall–Kier alpha value is -3.28. The molecule has 152 valence electrons. The molecule has 0 unspecified atom stereocenters. The normalized spacial score (nSPS) is 13.1. The number of anilines is 1. The summed E-state index contributed by atoms with van der Waals surface area (Å²) < 4.78 is 1.29. The summed E-state index contributed by atoms with van der Waals surface area (Å²) in [6.07, 6.45) is 1.81. The number of amides is 2. The predicted molar refractivity (Wildman–Crippen MR) is 129 cm³/mol. The van der Waals surface area contributed by atoms with E-state index in [2.05, 4.69) is 58.1 Å². The minimum atomic E-state index is -0.112. The van der Waals surface area contributed by atoms with Crippen LogP contribution >= 0.6 is 22.9 Å². The smallest absolute Gasteiger partial charge is 0.322 e. The maximum absolute atomic E-state index is 13.0. The van der Waals surface area contributed by atoms with Crippen molar-refractivity contribution in [1.29, 1.82) is 0 Å². The van der Waals surface area contributed by atoms with Crippen molar-refractivity contribution in [3.8, 4) is 11.1 Å². The van der Waals surface area contributed by atoms with E-state index in [0.29, 0.717) is 18.1 Å². The van der Waals surface area contributed by atoms with Gasteiger partial charge in [-0.25, -0.2) is 4.79 Å². The second kappa shape index (κ2) is 7.15. The second-order valence-electron chi connectivity index (χ2n) is 7.84. The Kier molecular flexibility index (Phi) is 4.26. The molecule has 2 amide bonds. The number of carbonyl (C=O) groups excluding carboxylic acids is 1. The van der Waals surface area contributed by atoms with Gasteiger partial charge in [0.1, 0.15) is 0 Å². The summed E-state index contributed by atoms with van der Waals surface area (Å²) in [6, 6.07) is 20.7. The number of H-pyrrole nitrogens is 1. The first kappa shape index (κ1) is 18.5. The number of aromatic nitrogens is 1. The zero-order valence-corrected chi connectivity index (χ0v) is 18.1. The summed E-state index contributed by atoms with van der Waals surface area (Å²) in [5, 5.41) is 7.97. The van der Waals surface area contributed by atoms with Gasteiger partial charge in [0.15, 0.2) is 0 Å². The monoisotopic (exact) mass is 443 g/mol. The van der Waals surface area contributed by atoms with Crippen molar-refractivity contribution in [1.82, 2.24) is 9.88 Å². The summed E-state index contributed by atoms with van der Waals surface area (Å²) in [6.45, 7) is 1.20. The van der Waals surface area contributed by atoms with Crippen molar-refractivity contribution in [2.45, 2.75) is 13.1 Å². The lowest BCUT2D eigenvalue weighted by molar-refractivity contribution is 0.212. The van der Waals surface area contributed by atoms with Gasteiger partial charge in [-0.3, -0.25) is 0 Å². The van der Waals surface area contributed by atoms with E-state index in [1.165, 1.54) is 32.3 Å². The molecule has 4 nitrogen and oxygen atoms in total. The van der Waals surface area contributed by atoms with E-state index in [1.54, 1.807) is 17.5 Å². The molecule has 0 atom stereocenters. The number of thiophene rings is 1. The van der Waals surface area contributed by atoms with Gasteiger partial charge < -0.3 is 15.2 Å². The van der Waals surface area contributed by atoms with Crippen molar-refractivity contribution in [3.05, 3.63) is 88.4 Å². The van der Waals surface area contributed by atoms with Crippen LogP contribution in [-0.4, -0.2) is 15.9 Å². The van der Waals surface area contributed by atoms with Gasteiger partial charge in [-0.1, -0.05) is 35.9 Å². The van der Waals surface area contributed by atoms with Gasteiger partial charge in [-0.2, -0.15) is 0 Å². The third-order valence-electron chi connectivity index (χ3n) is 5.89. The van der Waals surface area contributed by atoms with Crippen LogP contribution in [0.15, 0.2) is 72.2 Å². The Labute approximate surface area is 188 Å². The lowest BCUT2D eigenvalue weighted by Gasteiger charge is -2.16. The van der Waals surface area contributed by atoms with Crippen LogP contribution in [0.25, 0.3) is 32.1 Å². The molecule has 31 heavy (non-hydrogen) atoms. The van der Waals surface area contributed by atoms with Gasteiger partial charge in [-0.15, -0.1) is 11.3 Å². The number of hydrogen-bond donors (Lipinski definition) is 2. The minimum Gasteiger partial charge on any atom is -0.359 e. The number of hydrogen-bond acceptors (Lipinski definition) is 2. The van der Waals surface area contributed by atoms with Gasteiger partial charge in [0.25, 0.3) is 0 Å². The van der Waals surface area contributed by atoms with Gasteiger partial charge >= 0.3 is 6.03 Å². The number of nitrogens with one attached hydrogen (secondary N) is 2. The zero-order valence-electron chi connectivity index (χ0n) is 16.5. The largest absolute Gasteiger partial charge is 0.359 e. The average molecular weight is 444 g/mol. The lowest BCUT2D eigenvalue weighted by Crippen LogP contribution is -2.30. The molecule has 6 rings (SSSR count). The number of nitrogens with zero attached hydrogens (tertiary/aromatic N) is 1. The van der Waals surface area contributed by atoms with Crippen LogP contribution in [0.2, 0.25) is 5.02 Å². The van der Waals surface area contributed by atoms with Crippen LogP contribution in [0.4, 0.5) is 10.5 Å². The number of fused-ring (bicyclic) bond motifs is 3. The standard InChI is InChI=1S/C25H18ClN3OS/c26-20-5-6-22-21(11-20)23(12-27-22)28-25(30)29-13-18-4-3-16(9-19(18)14-29)17-2-1-15-7-8-31-24(15)10-17/h1-12,27H,13-14H2,(H,28,30). The molecule has 0 aliphatic carbocycles. The summed E-state index contributed by atoms with van der Waals surface area (Å²) in [7, 11) is 0. The Bertz CT molecular complexity index is 1470.